The second-order valence-electron chi connectivity index (χ2n) is 6.91. The first-order valence-electron chi connectivity index (χ1n) is 9.20. The Hall–Kier alpha value is -2.75. The van der Waals surface area contributed by atoms with Gasteiger partial charge in [-0.3, -0.25) is 0 Å². The summed E-state index contributed by atoms with van der Waals surface area (Å²) in [5.74, 6) is 0.445. The van der Waals surface area contributed by atoms with Crippen molar-refractivity contribution in [2.75, 3.05) is 23.3 Å². The van der Waals surface area contributed by atoms with Gasteiger partial charge in [-0.2, -0.15) is 0 Å². The summed E-state index contributed by atoms with van der Waals surface area (Å²) in [5.41, 5.74) is 4.63. The summed E-state index contributed by atoms with van der Waals surface area (Å²) in [6, 6.07) is 18.2. The summed E-state index contributed by atoms with van der Waals surface area (Å²) in [6.45, 7) is 8.04. The Labute approximate surface area is 155 Å². The molecule has 2 aromatic rings. The quantitative estimate of drug-likeness (QED) is 0.836. The van der Waals surface area contributed by atoms with Crippen molar-refractivity contribution in [3.63, 3.8) is 0 Å². The summed E-state index contributed by atoms with van der Waals surface area (Å²) in [7, 11) is 0. The third kappa shape index (κ3) is 4.07. The normalized spacial score (nSPS) is 19.2. The highest BCUT2D eigenvalue weighted by Gasteiger charge is 2.25. The zero-order valence-corrected chi connectivity index (χ0v) is 15.7. The molecule has 0 aromatic heterocycles. The van der Waals surface area contributed by atoms with Crippen LogP contribution in [0.5, 0.6) is 0 Å². The van der Waals surface area contributed by atoms with Crippen molar-refractivity contribution < 1.29 is 4.79 Å². The number of nitrogens with one attached hydrogen (secondary N) is 2. The van der Waals surface area contributed by atoms with Gasteiger partial charge in [0.2, 0.25) is 0 Å². The molecule has 0 saturated heterocycles. The summed E-state index contributed by atoms with van der Waals surface area (Å²) in [6.07, 6.45) is 2.35. The van der Waals surface area contributed by atoms with E-state index >= 15 is 0 Å². The highest BCUT2D eigenvalue weighted by molar-refractivity contribution is 5.89. The lowest BCUT2D eigenvalue weighted by molar-refractivity contribution is 0.252. The molecule has 0 fully saturated rings. The molecule has 2 unspecified atom stereocenters. The van der Waals surface area contributed by atoms with E-state index in [-0.39, 0.29) is 6.03 Å². The fourth-order valence-corrected chi connectivity index (χ4v) is 3.49. The second-order valence-corrected chi connectivity index (χ2v) is 6.91. The number of hydrogen-bond acceptors (Lipinski definition) is 2. The average molecular weight is 349 g/mol. The van der Waals surface area contributed by atoms with E-state index in [1.54, 1.807) is 0 Å². The molecule has 1 aliphatic heterocycles. The predicted molar refractivity (Wildman–Crippen MR) is 110 cm³/mol. The van der Waals surface area contributed by atoms with Crippen LogP contribution in [0, 0.1) is 5.92 Å². The molecule has 0 saturated carbocycles. The van der Waals surface area contributed by atoms with Gasteiger partial charge in [-0.05, 0) is 43.5 Å². The Balaban J connectivity index is 1.65. The Bertz CT molecular complexity index is 785. The smallest absolute Gasteiger partial charge is 0.319 e. The zero-order valence-electron chi connectivity index (χ0n) is 15.7. The summed E-state index contributed by atoms with van der Waals surface area (Å²) < 4.78 is 0. The molecular formula is C22H27N3O. The van der Waals surface area contributed by atoms with Crippen LogP contribution in [0.25, 0.3) is 5.57 Å². The molecule has 1 heterocycles. The first-order chi connectivity index (χ1) is 12.6. The number of amides is 2. The zero-order chi connectivity index (χ0) is 18.5. The standard InChI is InChI=1S/C22H27N3O/c1-16-15-17(2)20-11-7-8-12-21(20)25(18(16)3)14-13-23-22(26)24-19-9-5-4-6-10-19/h4-12,15-16,18H,13-14H2,1-3H3,(H2,23,24,26). The Morgan fingerprint density at radius 3 is 2.50 bits per heavy atom. The number of urea groups is 1. The molecule has 0 bridgehead atoms. The highest BCUT2D eigenvalue weighted by Crippen LogP contribution is 2.34. The van der Waals surface area contributed by atoms with Crippen molar-refractivity contribution in [3.8, 4) is 0 Å². The third-order valence-corrected chi connectivity index (χ3v) is 5.07. The molecule has 2 N–H and O–H groups in total. The van der Waals surface area contributed by atoms with Gasteiger partial charge in [0.15, 0.2) is 0 Å². The van der Waals surface area contributed by atoms with E-state index < -0.39 is 0 Å². The third-order valence-electron chi connectivity index (χ3n) is 5.07. The topological polar surface area (TPSA) is 44.4 Å². The maximum atomic E-state index is 12.1. The fourth-order valence-electron chi connectivity index (χ4n) is 3.49. The fraction of sp³-hybridized carbons (Fsp3) is 0.318. The molecule has 0 aliphatic carbocycles. The van der Waals surface area contributed by atoms with Gasteiger partial charge in [0.05, 0.1) is 0 Å². The summed E-state index contributed by atoms with van der Waals surface area (Å²) in [5, 5.41) is 5.83. The van der Waals surface area contributed by atoms with E-state index in [1.165, 1.54) is 16.8 Å². The van der Waals surface area contributed by atoms with Crippen molar-refractivity contribution in [2.45, 2.75) is 26.8 Å². The van der Waals surface area contributed by atoms with Crippen LogP contribution in [0.2, 0.25) is 0 Å². The van der Waals surface area contributed by atoms with Crippen LogP contribution in [0.15, 0.2) is 60.7 Å². The Kier molecular flexibility index (Phi) is 5.61. The van der Waals surface area contributed by atoms with E-state index in [4.69, 9.17) is 0 Å². The van der Waals surface area contributed by atoms with Crippen molar-refractivity contribution in [1.82, 2.24) is 5.32 Å². The highest BCUT2D eigenvalue weighted by atomic mass is 16.2. The lowest BCUT2D eigenvalue weighted by Crippen LogP contribution is -2.43. The van der Waals surface area contributed by atoms with Gasteiger partial charge in [-0.1, -0.05) is 49.4 Å². The Morgan fingerprint density at radius 2 is 1.73 bits per heavy atom. The number of para-hydroxylation sites is 2. The first kappa shape index (κ1) is 18.1. The maximum absolute atomic E-state index is 12.1. The number of anilines is 2. The number of benzene rings is 2. The molecule has 2 amide bonds. The van der Waals surface area contributed by atoms with E-state index in [2.05, 4.69) is 66.6 Å². The number of carbonyl (C=O) groups is 1. The van der Waals surface area contributed by atoms with Crippen molar-refractivity contribution >= 4 is 23.0 Å². The van der Waals surface area contributed by atoms with Crippen LogP contribution in [0.3, 0.4) is 0 Å². The molecule has 4 heteroatoms. The number of rotatable bonds is 4. The monoisotopic (exact) mass is 349 g/mol. The Morgan fingerprint density at radius 1 is 1.04 bits per heavy atom. The number of nitrogens with zero attached hydrogens (tertiary/aromatic N) is 1. The lowest BCUT2D eigenvalue weighted by atomic mass is 10.00. The van der Waals surface area contributed by atoms with Crippen LogP contribution in [0.4, 0.5) is 16.2 Å². The van der Waals surface area contributed by atoms with Gasteiger partial charge >= 0.3 is 6.03 Å². The predicted octanol–water partition coefficient (Wildman–Crippen LogP) is 4.76. The number of hydrogen-bond donors (Lipinski definition) is 2. The number of allylic oxidation sites excluding steroid dienone is 1. The van der Waals surface area contributed by atoms with Gasteiger partial charge in [0, 0.05) is 36.1 Å². The van der Waals surface area contributed by atoms with Crippen molar-refractivity contribution in [3.05, 3.63) is 66.2 Å². The van der Waals surface area contributed by atoms with Crippen molar-refractivity contribution in [2.24, 2.45) is 5.92 Å². The summed E-state index contributed by atoms with van der Waals surface area (Å²) in [4.78, 5) is 14.5. The van der Waals surface area contributed by atoms with Crippen LogP contribution in [0.1, 0.15) is 26.3 Å². The summed E-state index contributed by atoms with van der Waals surface area (Å²) >= 11 is 0. The van der Waals surface area contributed by atoms with Crippen LogP contribution in [-0.4, -0.2) is 25.2 Å². The molecule has 0 spiro atoms. The SMILES string of the molecule is CC1=CC(C)C(C)N(CCNC(=O)Nc2ccccc2)c2ccccc21. The van der Waals surface area contributed by atoms with Crippen LogP contribution in [-0.2, 0) is 0 Å². The van der Waals surface area contributed by atoms with Crippen LogP contribution >= 0.6 is 0 Å². The van der Waals surface area contributed by atoms with E-state index in [1.807, 2.05) is 30.3 Å². The first-order valence-corrected chi connectivity index (χ1v) is 9.20. The minimum atomic E-state index is -0.172. The number of fused-ring (bicyclic) bond motifs is 1. The number of carbonyl (C=O) groups excluding carboxylic acids is 1. The molecule has 136 valence electrons. The largest absolute Gasteiger partial charge is 0.366 e. The molecule has 2 aromatic carbocycles. The van der Waals surface area contributed by atoms with E-state index in [0.717, 1.165) is 12.2 Å². The molecule has 2 atom stereocenters. The molecular weight excluding hydrogens is 322 g/mol. The van der Waals surface area contributed by atoms with Gasteiger partial charge in [-0.15, -0.1) is 0 Å². The molecule has 0 radical (unpaired) electrons. The molecule has 4 nitrogen and oxygen atoms in total. The van der Waals surface area contributed by atoms with Crippen LogP contribution < -0.4 is 15.5 Å². The van der Waals surface area contributed by atoms with Gasteiger partial charge in [0.1, 0.15) is 0 Å². The van der Waals surface area contributed by atoms with Gasteiger partial charge in [-0.25, -0.2) is 4.79 Å². The molecule has 26 heavy (non-hydrogen) atoms. The average Bonchev–Trinajstić information content (AvgIpc) is 2.73. The van der Waals surface area contributed by atoms with E-state index in [9.17, 15) is 4.79 Å². The lowest BCUT2D eigenvalue weighted by Gasteiger charge is -2.33. The van der Waals surface area contributed by atoms with Crippen molar-refractivity contribution in [1.29, 1.82) is 0 Å². The van der Waals surface area contributed by atoms with Gasteiger partial charge < -0.3 is 15.5 Å². The van der Waals surface area contributed by atoms with Gasteiger partial charge in [0.25, 0.3) is 0 Å². The minimum Gasteiger partial charge on any atom is -0.366 e. The minimum absolute atomic E-state index is 0.172. The molecule has 1 aliphatic rings. The van der Waals surface area contributed by atoms with E-state index in [0.29, 0.717) is 18.5 Å². The molecule has 3 rings (SSSR count). The maximum Gasteiger partial charge on any atom is 0.319 e. The second kappa shape index (κ2) is 8.09.